The molecule has 2 aromatic carbocycles. The van der Waals surface area contributed by atoms with Gasteiger partial charge in [0.15, 0.2) is 5.78 Å². The van der Waals surface area contributed by atoms with E-state index in [1.807, 2.05) is 92.8 Å². The van der Waals surface area contributed by atoms with Crippen molar-refractivity contribution < 1.29 is 47.0 Å². The van der Waals surface area contributed by atoms with Gasteiger partial charge in [-0.05, 0) is 32.1 Å². The zero-order valence-electron chi connectivity index (χ0n) is 13.6. The third-order valence-corrected chi connectivity index (χ3v) is 2.63. The van der Waals surface area contributed by atoms with Crippen molar-refractivity contribution in [2.24, 2.45) is 0 Å². The number of rotatable bonds is 2. The Bertz CT molecular complexity index is 625. The van der Waals surface area contributed by atoms with Crippen LogP contribution in [0.25, 0.3) is 0 Å². The van der Waals surface area contributed by atoms with E-state index in [0.29, 0.717) is 0 Å². The largest absolute Gasteiger partial charge is 2.00 e. The van der Waals surface area contributed by atoms with Gasteiger partial charge in [0.1, 0.15) is 0 Å². The van der Waals surface area contributed by atoms with Crippen LogP contribution in [0.1, 0.15) is 15.9 Å². The van der Waals surface area contributed by atoms with Crippen molar-refractivity contribution in [2.45, 2.75) is 0 Å². The Labute approximate surface area is 164 Å². The van der Waals surface area contributed by atoms with E-state index in [1.165, 1.54) is 0 Å². The first-order valence-electron chi connectivity index (χ1n) is 7.21. The first-order valence-corrected chi connectivity index (χ1v) is 9.23. The molecule has 0 saturated heterocycles. The summed E-state index contributed by atoms with van der Waals surface area (Å²) in [5, 5.41) is 0. The molecule has 5 radical (unpaired) electrons. The van der Waals surface area contributed by atoms with Gasteiger partial charge in [-0.15, -0.1) is 0 Å². The SMILES string of the molecule is F[P-](F)(F)(F)(F)F.O=C(c1ccccc1)c1ccccc1.[CH]1[CH][CH][CH][CH]1.[Fe+2]. The molecule has 147 valence electrons. The quantitative estimate of drug-likeness (QED) is 0.204. The molecule has 0 heterocycles. The third kappa shape index (κ3) is 16.5. The van der Waals surface area contributed by atoms with Gasteiger partial charge in [0.2, 0.25) is 0 Å². The van der Waals surface area contributed by atoms with Crippen LogP contribution in [-0.4, -0.2) is 5.78 Å². The molecule has 27 heavy (non-hydrogen) atoms. The van der Waals surface area contributed by atoms with Crippen LogP contribution in [-0.2, 0) is 17.1 Å². The van der Waals surface area contributed by atoms with Crippen LogP contribution < -0.4 is 0 Å². The number of halogens is 6. The molecule has 1 nitrogen and oxygen atoms in total. The molecule has 9 heteroatoms. The fraction of sp³-hybridized carbons (Fsp3) is 0. The summed E-state index contributed by atoms with van der Waals surface area (Å²) >= 11 is 0. The zero-order chi connectivity index (χ0) is 19.7. The second kappa shape index (κ2) is 9.72. The molecule has 0 aliphatic heterocycles. The first kappa shape index (κ1) is 25.6. The van der Waals surface area contributed by atoms with Gasteiger partial charge in [0.25, 0.3) is 0 Å². The normalized spacial score (nSPS) is 15.5. The van der Waals surface area contributed by atoms with Crippen LogP contribution in [0.3, 0.4) is 0 Å². The Morgan fingerprint density at radius 1 is 0.556 bits per heavy atom. The van der Waals surface area contributed by atoms with Crippen LogP contribution in [0.2, 0.25) is 0 Å². The minimum absolute atomic E-state index is 0. The molecule has 1 aliphatic rings. The summed E-state index contributed by atoms with van der Waals surface area (Å²) in [6.07, 6.45) is 10.0. The summed E-state index contributed by atoms with van der Waals surface area (Å²) in [5.74, 6) is 0.0752. The maximum absolute atomic E-state index is 11.8. The number of hydrogen-bond donors (Lipinski definition) is 0. The second-order valence-corrected chi connectivity index (χ2v) is 6.90. The van der Waals surface area contributed by atoms with E-state index in [4.69, 9.17) is 0 Å². The Kier molecular flexibility index (Phi) is 9.23. The topological polar surface area (TPSA) is 17.1 Å². The minimum Gasteiger partial charge on any atom is -0.289 e. The van der Waals surface area contributed by atoms with Crippen LogP contribution in [0.5, 0.6) is 0 Å². The Morgan fingerprint density at radius 2 is 0.778 bits per heavy atom. The molecule has 1 aliphatic carbocycles. The summed E-state index contributed by atoms with van der Waals surface area (Å²) in [6.45, 7) is 0. The van der Waals surface area contributed by atoms with Gasteiger partial charge >= 0.3 is 50.1 Å². The zero-order valence-corrected chi connectivity index (χ0v) is 15.6. The van der Waals surface area contributed by atoms with Gasteiger partial charge in [-0.2, -0.15) is 0 Å². The van der Waals surface area contributed by atoms with E-state index < -0.39 is 7.81 Å². The van der Waals surface area contributed by atoms with Crippen LogP contribution in [0.4, 0.5) is 25.2 Å². The molecular formula is C18H15F6FeOP+. The van der Waals surface area contributed by atoms with Crippen LogP contribution in [0.15, 0.2) is 60.7 Å². The van der Waals surface area contributed by atoms with Crippen molar-refractivity contribution in [1.29, 1.82) is 0 Å². The molecule has 0 unspecified atom stereocenters. The average Bonchev–Trinajstić information content (AvgIpc) is 3.13. The van der Waals surface area contributed by atoms with Crippen molar-refractivity contribution in [2.75, 3.05) is 0 Å². The summed E-state index contributed by atoms with van der Waals surface area (Å²) in [7, 11) is -10.7. The maximum Gasteiger partial charge on any atom is 2.00 e. The van der Waals surface area contributed by atoms with Crippen molar-refractivity contribution in [1.82, 2.24) is 0 Å². The van der Waals surface area contributed by atoms with Crippen molar-refractivity contribution >= 4 is 13.6 Å². The van der Waals surface area contributed by atoms with Crippen LogP contribution in [0, 0.1) is 32.1 Å². The van der Waals surface area contributed by atoms with Gasteiger partial charge in [0.05, 0.1) is 0 Å². The molecule has 0 amide bonds. The van der Waals surface area contributed by atoms with E-state index in [0.717, 1.165) is 11.1 Å². The van der Waals surface area contributed by atoms with Gasteiger partial charge < -0.3 is 0 Å². The molecule has 3 rings (SSSR count). The van der Waals surface area contributed by atoms with E-state index in [-0.39, 0.29) is 22.9 Å². The molecule has 2 aromatic rings. The monoisotopic (exact) mass is 448 g/mol. The minimum atomic E-state index is -10.7. The van der Waals surface area contributed by atoms with Crippen molar-refractivity contribution in [3.63, 3.8) is 0 Å². The fourth-order valence-corrected chi connectivity index (χ4v) is 1.67. The first-order chi connectivity index (χ1) is 11.8. The molecular weight excluding hydrogens is 433 g/mol. The van der Waals surface area contributed by atoms with Crippen molar-refractivity contribution in [3.8, 4) is 0 Å². The standard InChI is InChI=1S/C13H10O.C5H5.F6P.Fe/c14-13(11-7-3-1-4-8-11)12-9-5-2-6-10-12;1-2-4-5-3-1;1-7(2,3,4,5)6;/h1-10H;1-5H;;/q;;-1;+2. The third-order valence-electron chi connectivity index (χ3n) is 2.63. The molecule has 0 aromatic heterocycles. The van der Waals surface area contributed by atoms with E-state index in [1.54, 1.807) is 0 Å². The van der Waals surface area contributed by atoms with E-state index in [2.05, 4.69) is 0 Å². The predicted octanol–water partition coefficient (Wildman–Crippen LogP) is 7.32. The summed E-state index contributed by atoms with van der Waals surface area (Å²) in [5.41, 5.74) is 1.47. The summed E-state index contributed by atoms with van der Waals surface area (Å²) < 4.78 is 59.2. The number of carbonyl (C=O) groups excluding carboxylic acids is 1. The molecule has 0 bridgehead atoms. The Balaban J connectivity index is 0.000000437. The smallest absolute Gasteiger partial charge is 0.289 e. The Morgan fingerprint density at radius 3 is 1.00 bits per heavy atom. The molecule has 1 saturated carbocycles. The van der Waals surface area contributed by atoms with Gasteiger partial charge in [-0.25, -0.2) is 0 Å². The number of carbonyl (C=O) groups is 1. The number of hydrogen-bond acceptors (Lipinski definition) is 1. The Hall–Kier alpha value is -1.36. The average molecular weight is 448 g/mol. The summed E-state index contributed by atoms with van der Waals surface area (Å²) in [4.78, 5) is 11.8. The number of benzene rings is 2. The number of ketones is 1. The van der Waals surface area contributed by atoms with Gasteiger partial charge in [-0.1, -0.05) is 60.7 Å². The van der Waals surface area contributed by atoms with E-state index >= 15 is 0 Å². The molecule has 0 N–H and O–H groups in total. The van der Waals surface area contributed by atoms with Gasteiger partial charge in [0, 0.05) is 11.1 Å². The molecule has 0 spiro atoms. The summed E-state index contributed by atoms with van der Waals surface area (Å²) in [6, 6.07) is 18.6. The maximum atomic E-state index is 11.8. The van der Waals surface area contributed by atoms with Crippen LogP contribution >= 0.6 is 7.81 Å². The molecule has 0 atom stereocenters. The fourth-order valence-electron chi connectivity index (χ4n) is 1.67. The van der Waals surface area contributed by atoms with E-state index in [9.17, 15) is 30.0 Å². The van der Waals surface area contributed by atoms with Gasteiger partial charge in [-0.3, -0.25) is 4.79 Å². The second-order valence-electron chi connectivity index (χ2n) is 4.98. The predicted molar refractivity (Wildman–Crippen MR) is 91.4 cm³/mol. The van der Waals surface area contributed by atoms with Crippen molar-refractivity contribution in [3.05, 3.63) is 104 Å². The molecule has 1 fully saturated rings.